The fourth-order valence-corrected chi connectivity index (χ4v) is 12.0. The van der Waals surface area contributed by atoms with Crippen LogP contribution in [0.1, 0.15) is 99.3 Å². The summed E-state index contributed by atoms with van der Waals surface area (Å²) < 4.78 is 6.74. The van der Waals surface area contributed by atoms with Crippen molar-refractivity contribution in [2.24, 2.45) is 50.7 Å². The lowest BCUT2D eigenvalue weighted by atomic mass is 9.41. The second-order valence-corrected chi connectivity index (χ2v) is 14.9. The summed E-state index contributed by atoms with van der Waals surface area (Å²) in [5, 5.41) is 26.0. The number of aliphatic hydroxyl groups excluding tert-OH is 2. The number of carbonyl (C=O) groups excluding carboxylic acids is 1. The van der Waals surface area contributed by atoms with Gasteiger partial charge in [0.15, 0.2) is 0 Å². The maximum Gasteiger partial charge on any atom is 0.216 e. The van der Waals surface area contributed by atoms with E-state index in [2.05, 4.69) is 39.9 Å². The standard InChI is InChI=1S/C30H49NO4/c1-17-15-19(10-14-31-18(2)32)35-24-23(17)27(5)12-13-30-16-29(30)11-9-22(33)26(3,4)20(29)7-8-21(30)28(27,6)25(24)34/h17,19-25,33-34H,7-16H2,1-6H3,(H,31,32)/t17-,19?,20+,21?,22?,23+,24?,25+,27?,28-,29?,30?/m1/s1. The van der Waals surface area contributed by atoms with Crippen LogP contribution in [0.5, 0.6) is 0 Å². The molecule has 7 unspecified atom stereocenters. The number of ether oxygens (including phenoxy) is 1. The van der Waals surface area contributed by atoms with E-state index >= 15 is 0 Å². The lowest BCUT2D eigenvalue weighted by Crippen LogP contribution is -2.59. The zero-order valence-electron chi connectivity index (χ0n) is 22.9. The van der Waals surface area contributed by atoms with Gasteiger partial charge in [0, 0.05) is 18.9 Å². The Morgan fingerprint density at radius 2 is 1.69 bits per heavy atom. The third-order valence-corrected chi connectivity index (χ3v) is 13.7. The van der Waals surface area contributed by atoms with Crippen LogP contribution in [0.4, 0.5) is 0 Å². The van der Waals surface area contributed by atoms with Gasteiger partial charge in [0.2, 0.25) is 5.91 Å². The molecule has 0 bridgehead atoms. The van der Waals surface area contributed by atoms with E-state index in [1.807, 2.05) is 0 Å². The number of carbonyl (C=O) groups is 1. The van der Waals surface area contributed by atoms with Crippen molar-refractivity contribution in [1.82, 2.24) is 5.32 Å². The van der Waals surface area contributed by atoms with E-state index in [1.54, 1.807) is 6.92 Å². The van der Waals surface area contributed by atoms with Crippen LogP contribution in [0.15, 0.2) is 0 Å². The van der Waals surface area contributed by atoms with Crippen LogP contribution in [0.2, 0.25) is 0 Å². The molecule has 12 atom stereocenters. The molecule has 0 aromatic heterocycles. The van der Waals surface area contributed by atoms with Gasteiger partial charge in [-0.1, -0.05) is 34.6 Å². The van der Waals surface area contributed by atoms with Gasteiger partial charge in [0.05, 0.1) is 24.4 Å². The summed E-state index contributed by atoms with van der Waals surface area (Å²) in [5.41, 5.74) is 0.689. The minimum Gasteiger partial charge on any atom is -0.393 e. The van der Waals surface area contributed by atoms with Crippen molar-refractivity contribution < 1.29 is 19.7 Å². The van der Waals surface area contributed by atoms with Crippen LogP contribution < -0.4 is 5.32 Å². The van der Waals surface area contributed by atoms with Gasteiger partial charge >= 0.3 is 0 Å². The predicted octanol–water partition coefficient (Wildman–Crippen LogP) is 4.69. The summed E-state index contributed by atoms with van der Waals surface area (Å²) in [6.07, 6.45) is 9.54. The predicted molar refractivity (Wildman–Crippen MR) is 135 cm³/mol. The first-order valence-electron chi connectivity index (χ1n) is 14.6. The molecule has 0 radical (unpaired) electrons. The van der Waals surface area contributed by atoms with Crippen molar-refractivity contribution in [3.05, 3.63) is 0 Å². The first-order valence-corrected chi connectivity index (χ1v) is 14.6. The summed E-state index contributed by atoms with van der Waals surface area (Å²) in [6, 6.07) is 0. The van der Waals surface area contributed by atoms with Crippen molar-refractivity contribution in [3.8, 4) is 0 Å². The lowest BCUT2D eigenvalue weighted by Gasteiger charge is -2.63. The molecule has 35 heavy (non-hydrogen) atoms. The van der Waals surface area contributed by atoms with Gasteiger partial charge in [-0.3, -0.25) is 4.79 Å². The quantitative estimate of drug-likeness (QED) is 0.540. The normalized spacial score (nSPS) is 57.7. The second kappa shape index (κ2) is 7.47. The highest BCUT2D eigenvalue weighted by molar-refractivity contribution is 5.72. The molecule has 0 aromatic carbocycles. The Kier molecular flexibility index (Phi) is 5.27. The number of rotatable bonds is 3. The Bertz CT molecular complexity index is 905. The van der Waals surface area contributed by atoms with Crippen LogP contribution >= 0.6 is 0 Å². The minimum absolute atomic E-state index is 0.00455. The zero-order valence-corrected chi connectivity index (χ0v) is 22.9. The van der Waals surface area contributed by atoms with Crippen LogP contribution in [0.25, 0.3) is 0 Å². The Hall–Kier alpha value is -0.650. The van der Waals surface area contributed by atoms with E-state index in [9.17, 15) is 15.0 Å². The molecule has 6 aliphatic rings. The van der Waals surface area contributed by atoms with E-state index in [1.165, 1.54) is 38.5 Å². The van der Waals surface area contributed by atoms with E-state index in [4.69, 9.17) is 4.74 Å². The third kappa shape index (κ3) is 2.84. The Balaban J connectivity index is 1.30. The summed E-state index contributed by atoms with van der Waals surface area (Å²) in [7, 11) is 0. The molecule has 5 nitrogen and oxygen atoms in total. The third-order valence-electron chi connectivity index (χ3n) is 13.7. The maximum atomic E-state index is 12.2. The largest absolute Gasteiger partial charge is 0.393 e. The molecule has 1 saturated heterocycles. The molecule has 6 rings (SSSR count). The molecule has 5 aliphatic carbocycles. The van der Waals surface area contributed by atoms with Crippen molar-refractivity contribution in [3.63, 3.8) is 0 Å². The van der Waals surface area contributed by atoms with Crippen LogP contribution in [-0.2, 0) is 9.53 Å². The Morgan fingerprint density at radius 3 is 2.40 bits per heavy atom. The smallest absolute Gasteiger partial charge is 0.216 e. The molecule has 1 amide bonds. The average Bonchev–Trinajstić information content (AvgIpc) is 3.41. The molecule has 5 heteroatoms. The minimum atomic E-state index is -0.429. The molecule has 0 aromatic rings. The van der Waals surface area contributed by atoms with Crippen LogP contribution in [0, 0.1) is 50.7 Å². The highest BCUT2D eigenvalue weighted by Gasteiger charge is 2.84. The lowest BCUT2D eigenvalue weighted by molar-refractivity contribution is -0.182. The van der Waals surface area contributed by atoms with Gasteiger partial charge in [-0.2, -0.15) is 0 Å². The molecule has 5 saturated carbocycles. The average molecular weight is 488 g/mol. The van der Waals surface area contributed by atoms with Crippen molar-refractivity contribution >= 4 is 5.91 Å². The SMILES string of the molecule is CC(=O)NCCC1C[C@@H](C)[C@H]2C(O1)[C@H](O)[C@@]1(C)C3CC[C@H]4C(C)(C)C(O)CCC45CC35CCC21C. The molecular weight excluding hydrogens is 438 g/mol. The summed E-state index contributed by atoms with van der Waals surface area (Å²) in [4.78, 5) is 11.4. The van der Waals surface area contributed by atoms with E-state index in [0.717, 1.165) is 19.3 Å². The zero-order chi connectivity index (χ0) is 25.2. The number of hydrogen-bond acceptors (Lipinski definition) is 4. The maximum absolute atomic E-state index is 12.2. The Labute approximate surface area is 212 Å². The first kappa shape index (κ1) is 24.7. The summed E-state index contributed by atoms with van der Waals surface area (Å²) in [5.74, 6) is 2.08. The van der Waals surface area contributed by atoms with E-state index in [0.29, 0.717) is 41.0 Å². The fraction of sp³-hybridized carbons (Fsp3) is 0.967. The van der Waals surface area contributed by atoms with Crippen molar-refractivity contribution in [1.29, 1.82) is 0 Å². The highest BCUT2D eigenvalue weighted by Crippen LogP contribution is 2.89. The van der Waals surface area contributed by atoms with Crippen molar-refractivity contribution in [2.45, 2.75) is 124 Å². The van der Waals surface area contributed by atoms with Crippen molar-refractivity contribution in [2.75, 3.05) is 6.54 Å². The number of nitrogens with one attached hydrogen (secondary N) is 1. The number of fused-ring (bicyclic) bond motifs is 4. The van der Waals surface area contributed by atoms with Gasteiger partial charge in [-0.15, -0.1) is 0 Å². The monoisotopic (exact) mass is 487 g/mol. The van der Waals surface area contributed by atoms with Gasteiger partial charge in [-0.05, 0) is 103 Å². The van der Waals surface area contributed by atoms with Gasteiger partial charge in [0.1, 0.15) is 0 Å². The number of hydrogen-bond donors (Lipinski definition) is 3. The van der Waals surface area contributed by atoms with Gasteiger partial charge in [0.25, 0.3) is 0 Å². The van der Waals surface area contributed by atoms with Gasteiger partial charge in [-0.25, -0.2) is 0 Å². The van der Waals surface area contributed by atoms with Crippen LogP contribution in [-0.4, -0.2) is 47.1 Å². The van der Waals surface area contributed by atoms with Crippen LogP contribution in [0.3, 0.4) is 0 Å². The second-order valence-electron chi connectivity index (χ2n) is 14.9. The number of aliphatic hydroxyl groups is 2. The van der Waals surface area contributed by atoms with E-state index in [-0.39, 0.29) is 40.5 Å². The molecule has 3 N–H and O–H groups in total. The molecule has 198 valence electrons. The first-order chi connectivity index (χ1) is 16.3. The fourth-order valence-electron chi connectivity index (χ4n) is 12.0. The molecule has 2 spiro atoms. The molecule has 1 aliphatic heterocycles. The molecule has 1 heterocycles. The molecule has 6 fully saturated rings. The highest BCUT2D eigenvalue weighted by atomic mass is 16.5. The summed E-state index contributed by atoms with van der Waals surface area (Å²) in [6.45, 7) is 14.2. The Morgan fingerprint density at radius 1 is 1.00 bits per heavy atom. The topological polar surface area (TPSA) is 78.8 Å². The summed E-state index contributed by atoms with van der Waals surface area (Å²) >= 11 is 0. The van der Waals surface area contributed by atoms with E-state index < -0.39 is 6.10 Å². The molecular formula is C30H49NO4. The van der Waals surface area contributed by atoms with Gasteiger partial charge < -0.3 is 20.3 Å². The number of amides is 1.